The molecule has 10 heavy (non-hydrogen) atoms. The van der Waals surface area contributed by atoms with Gasteiger partial charge in [0.2, 0.25) is 0 Å². The fourth-order valence-electron chi connectivity index (χ4n) is 0.814. The van der Waals surface area contributed by atoms with Crippen LogP contribution in [0.1, 0.15) is 33.1 Å². The number of nitriles is 1. The fourth-order valence-corrected chi connectivity index (χ4v) is 0.814. The van der Waals surface area contributed by atoms with Crippen molar-refractivity contribution in [1.29, 1.82) is 5.26 Å². The maximum Gasteiger partial charge on any atom is 0.140 e. The second-order valence-corrected chi connectivity index (χ2v) is 2.24. The Bertz CT molecular complexity index is 142. The molecule has 0 saturated heterocycles. The number of aldehydes is 1. The first-order valence-electron chi connectivity index (χ1n) is 3.71. The molecular weight excluding hydrogens is 126 g/mol. The summed E-state index contributed by atoms with van der Waals surface area (Å²) >= 11 is 0. The molecule has 2 heteroatoms. The van der Waals surface area contributed by atoms with Crippen LogP contribution in [0.5, 0.6) is 0 Å². The molecule has 0 heterocycles. The van der Waals surface area contributed by atoms with Gasteiger partial charge in [-0.05, 0) is 19.3 Å². The number of hydrogen-bond donors (Lipinski definition) is 0. The van der Waals surface area contributed by atoms with Crippen LogP contribution in [-0.4, -0.2) is 6.29 Å². The summed E-state index contributed by atoms with van der Waals surface area (Å²) in [6.07, 6.45) is 3.35. The van der Waals surface area contributed by atoms with Crippen LogP contribution in [0.2, 0.25) is 0 Å². The van der Waals surface area contributed by atoms with Gasteiger partial charge in [-0.15, -0.1) is 0 Å². The summed E-state index contributed by atoms with van der Waals surface area (Å²) in [6, 6.07) is 2.00. The van der Waals surface area contributed by atoms with E-state index in [2.05, 4.69) is 0 Å². The predicted molar refractivity (Wildman–Crippen MR) is 39.3 cm³/mol. The van der Waals surface area contributed by atoms with E-state index in [0.29, 0.717) is 0 Å². The molecule has 0 radical (unpaired) electrons. The van der Waals surface area contributed by atoms with Crippen molar-refractivity contribution >= 4 is 6.29 Å². The zero-order chi connectivity index (χ0) is 8.04. The van der Waals surface area contributed by atoms with E-state index in [-0.39, 0.29) is 0 Å². The summed E-state index contributed by atoms with van der Waals surface area (Å²) in [4.78, 5) is 10.1. The lowest BCUT2D eigenvalue weighted by atomic mass is 9.71. The molecule has 0 aromatic heterocycles. The molecular formula is C8H13NO. The molecule has 1 fully saturated rings. The van der Waals surface area contributed by atoms with Gasteiger partial charge in [0.1, 0.15) is 11.7 Å². The first kappa shape index (κ1) is 9.16. The van der Waals surface area contributed by atoms with E-state index < -0.39 is 5.41 Å². The highest BCUT2D eigenvalue weighted by Gasteiger charge is 2.36. The Morgan fingerprint density at radius 3 is 2.00 bits per heavy atom. The summed E-state index contributed by atoms with van der Waals surface area (Å²) in [5.41, 5.74) is -0.569. The van der Waals surface area contributed by atoms with E-state index in [4.69, 9.17) is 5.26 Å². The molecule has 0 atom stereocenters. The van der Waals surface area contributed by atoms with Gasteiger partial charge in [-0.3, -0.25) is 0 Å². The maximum absolute atomic E-state index is 10.1. The highest BCUT2D eigenvalue weighted by Crippen LogP contribution is 2.37. The van der Waals surface area contributed by atoms with E-state index in [0.717, 1.165) is 25.5 Å². The van der Waals surface area contributed by atoms with Gasteiger partial charge >= 0.3 is 0 Å². The maximum atomic E-state index is 10.1. The van der Waals surface area contributed by atoms with Crippen molar-refractivity contribution in [2.75, 3.05) is 0 Å². The summed E-state index contributed by atoms with van der Waals surface area (Å²) in [5, 5.41) is 8.36. The Labute approximate surface area is 61.8 Å². The lowest BCUT2D eigenvalue weighted by Gasteiger charge is -2.28. The Morgan fingerprint density at radius 2 is 2.00 bits per heavy atom. The monoisotopic (exact) mass is 139 g/mol. The summed E-state index contributed by atoms with van der Waals surface area (Å²) in [7, 11) is 0. The summed E-state index contributed by atoms with van der Waals surface area (Å²) in [5.74, 6) is 0. The third kappa shape index (κ3) is 1.57. The van der Waals surface area contributed by atoms with Gasteiger partial charge in [-0.2, -0.15) is 5.26 Å². The molecule has 0 aromatic carbocycles. The average molecular weight is 139 g/mol. The molecule has 0 aliphatic heterocycles. The zero-order valence-corrected chi connectivity index (χ0v) is 6.55. The topological polar surface area (TPSA) is 40.9 Å². The van der Waals surface area contributed by atoms with Gasteiger partial charge in [0.15, 0.2) is 0 Å². The van der Waals surface area contributed by atoms with Crippen molar-refractivity contribution in [3.63, 3.8) is 0 Å². The van der Waals surface area contributed by atoms with Crippen molar-refractivity contribution in [3.8, 4) is 6.07 Å². The Kier molecular flexibility index (Phi) is 3.71. The minimum absolute atomic E-state index is 0.569. The third-order valence-electron chi connectivity index (χ3n) is 1.69. The lowest BCUT2D eigenvalue weighted by Crippen LogP contribution is -2.28. The van der Waals surface area contributed by atoms with Gasteiger partial charge in [0, 0.05) is 0 Å². The normalized spacial score (nSPS) is 18.9. The van der Waals surface area contributed by atoms with Gasteiger partial charge in [0.05, 0.1) is 6.07 Å². The quantitative estimate of drug-likeness (QED) is 0.520. The van der Waals surface area contributed by atoms with Crippen molar-refractivity contribution in [2.45, 2.75) is 33.1 Å². The van der Waals surface area contributed by atoms with Crippen LogP contribution in [0, 0.1) is 16.7 Å². The van der Waals surface area contributed by atoms with Crippen LogP contribution >= 0.6 is 0 Å². The van der Waals surface area contributed by atoms with Crippen LogP contribution < -0.4 is 0 Å². The first-order chi connectivity index (χ1) is 4.83. The van der Waals surface area contributed by atoms with Crippen LogP contribution in [0.3, 0.4) is 0 Å². The minimum Gasteiger partial charge on any atom is -0.302 e. The number of hydrogen-bond acceptors (Lipinski definition) is 2. The zero-order valence-electron chi connectivity index (χ0n) is 6.55. The largest absolute Gasteiger partial charge is 0.302 e. The molecule has 2 nitrogen and oxygen atoms in total. The van der Waals surface area contributed by atoms with E-state index in [1.807, 2.05) is 19.9 Å². The molecule has 0 bridgehead atoms. The summed E-state index contributed by atoms with van der Waals surface area (Å²) in [6.45, 7) is 4.00. The second kappa shape index (κ2) is 4.05. The Hall–Kier alpha value is -0.840. The molecule has 0 unspecified atom stereocenters. The highest BCUT2D eigenvalue weighted by molar-refractivity contribution is 5.65. The van der Waals surface area contributed by atoms with E-state index in [1.54, 1.807) is 0 Å². The molecule has 0 spiro atoms. The lowest BCUT2D eigenvalue weighted by molar-refractivity contribution is -0.116. The molecule has 1 saturated carbocycles. The number of carbonyl (C=O) groups excluding carboxylic acids is 1. The molecule has 1 rings (SSSR count). The highest BCUT2D eigenvalue weighted by atomic mass is 16.1. The SMILES string of the molecule is CC.N#CC1(C=O)CCC1. The number of rotatable bonds is 1. The molecule has 0 N–H and O–H groups in total. The van der Waals surface area contributed by atoms with Crippen LogP contribution in [0.15, 0.2) is 0 Å². The average Bonchev–Trinajstić information content (AvgIpc) is 1.93. The molecule has 56 valence electrons. The molecule has 1 aliphatic carbocycles. The first-order valence-corrected chi connectivity index (χ1v) is 3.71. The van der Waals surface area contributed by atoms with Gasteiger partial charge < -0.3 is 4.79 Å². The smallest absolute Gasteiger partial charge is 0.140 e. The van der Waals surface area contributed by atoms with Crippen LogP contribution in [0.4, 0.5) is 0 Å². The van der Waals surface area contributed by atoms with Crippen molar-refractivity contribution in [1.82, 2.24) is 0 Å². The van der Waals surface area contributed by atoms with Gasteiger partial charge in [-0.1, -0.05) is 13.8 Å². The predicted octanol–water partition coefficient (Wildman–Crippen LogP) is 1.91. The van der Waals surface area contributed by atoms with E-state index >= 15 is 0 Å². The Morgan fingerprint density at radius 1 is 1.50 bits per heavy atom. The Balaban J connectivity index is 0.000000371. The number of carbonyl (C=O) groups is 1. The van der Waals surface area contributed by atoms with Gasteiger partial charge in [-0.25, -0.2) is 0 Å². The third-order valence-corrected chi connectivity index (χ3v) is 1.69. The molecule has 0 amide bonds. The van der Waals surface area contributed by atoms with Crippen molar-refractivity contribution < 1.29 is 4.79 Å². The second-order valence-electron chi connectivity index (χ2n) is 2.24. The molecule has 1 aliphatic rings. The molecule has 0 aromatic rings. The van der Waals surface area contributed by atoms with E-state index in [9.17, 15) is 4.79 Å². The number of nitrogens with zero attached hydrogens (tertiary/aromatic N) is 1. The summed E-state index contributed by atoms with van der Waals surface area (Å²) < 4.78 is 0. The van der Waals surface area contributed by atoms with Crippen LogP contribution in [-0.2, 0) is 4.79 Å². The standard InChI is InChI=1S/C6H7NO.C2H6/c7-4-6(5-8)2-1-3-6;1-2/h5H,1-3H2;1-2H3. The van der Waals surface area contributed by atoms with Crippen molar-refractivity contribution in [2.24, 2.45) is 5.41 Å². The van der Waals surface area contributed by atoms with Crippen LogP contribution in [0.25, 0.3) is 0 Å². The minimum atomic E-state index is -0.569. The van der Waals surface area contributed by atoms with E-state index in [1.165, 1.54) is 0 Å². The fraction of sp³-hybridized carbons (Fsp3) is 0.750. The van der Waals surface area contributed by atoms with Crippen molar-refractivity contribution in [3.05, 3.63) is 0 Å². The van der Waals surface area contributed by atoms with Gasteiger partial charge in [0.25, 0.3) is 0 Å².